The van der Waals surface area contributed by atoms with Crippen molar-refractivity contribution < 1.29 is 19.4 Å². The second-order valence-corrected chi connectivity index (χ2v) is 6.19. The van der Waals surface area contributed by atoms with E-state index in [-0.39, 0.29) is 17.7 Å². The number of hydrogen-bond acceptors (Lipinski definition) is 4. The molecule has 0 aliphatic carbocycles. The number of rotatable bonds is 1. The van der Waals surface area contributed by atoms with Crippen LogP contribution in [-0.4, -0.2) is 46.4 Å². The number of fused-ring (bicyclic) bond motifs is 3. The predicted molar refractivity (Wildman–Crippen MR) is 80.1 cm³/mol. The van der Waals surface area contributed by atoms with Gasteiger partial charge in [0.1, 0.15) is 17.5 Å². The molecular weight excluding hydrogens is 286 g/mol. The van der Waals surface area contributed by atoms with Crippen molar-refractivity contribution in [2.24, 2.45) is 5.73 Å². The first kappa shape index (κ1) is 14.5. The lowest BCUT2D eigenvalue weighted by atomic mass is 10.0. The fourth-order valence-corrected chi connectivity index (χ4v) is 3.44. The quantitative estimate of drug-likeness (QED) is 0.819. The van der Waals surface area contributed by atoms with E-state index in [0.717, 1.165) is 0 Å². The van der Waals surface area contributed by atoms with Gasteiger partial charge < -0.3 is 25.4 Å². The van der Waals surface area contributed by atoms with Crippen LogP contribution in [0.2, 0.25) is 0 Å². The largest absolute Gasteiger partial charge is 0.486 e. The van der Waals surface area contributed by atoms with Gasteiger partial charge >= 0.3 is 12.0 Å². The van der Waals surface area contributed by atoms with Gasteiger partial charge in [-0.15, -0.1) is 0 Å². The van der Waals surface area contributed by atoms with E-state index in [0.29, 0.717) is 18.0 Å². The van der Waals surface area contributed by atoms with Crippen LogP contribution < -0.4 is 15.4 Å². The average Bonchev–Trinajstić information content (AvgIpc) is 2.71. The number of hydrogen-bond donors (Lipinski definition) is 2. The van der Waals surface area contributed by atoms with Gasteiger partial charge in [0.2, 0.25) is 0 Å². The molecule has 0 bridgehead atoms. The number of carboxylic acid groups (broad SMARTS) is 1. The standard InChI is InChI=1S/C15H19N3O4/c1-8-11-7-17(14(16)21)15(2,3)18(11)10-6-9(13(19)20)4-5-12(10)22-8/h4-6,8,11H,7H2,1-3H3,(H2,16,21)(H,19,20). The Hall–Kier alpha value is -2.44. The van der Waals surface area contributed by atoms with Crippen molar-refractivity contribution in [3.05, 3.63) is 23.8 Å². The molecule has 0 saturated carbocycles. The number of carboxylic acids is 1. The number of nitrogens with zero attached hydrogens (tertiary/aromatic N) is 2. The van der Waals surface area contributed by atoms with Gasteiger partial charge in [0.25, 0.3) is 0 Å². The van der Waals surface area contributed by atoms with Crippen molar-refractivity contribution in [2.75, 3.05) is 11.4 Å². The SMILES string of the molecule is CC1Oc2ccc(C(=O)O)cc2N2C1CN(C(N)=O)C2(C)C. The Morgan fingerprint density at radius 1 is 1.41 bits per heavy atom. The molecule has 2 aliphatic heterocycles. The zero-order valence-corrected chi connectivity index (χ0v) is 12.7. The van der Waals surface area contributed by atoms with Crippen LogP contribution in [-0.2, 0) is 0 Å². The third kappa shape index (κ3) is 1.88. The molecule has 22 heavy (non-hydrogen) atoms. The lowest BCUT2D eigenvalue weighted by Crippen LogP contribution is -2.56. The number of carbonyl (C=O) groups excluding carboxylic acids is 1. The van der Waals surface area contributed by atoms with Crippen molar-refractivity contribution in [3.8, 4) is 5.75 Å². The smallest absolute Gasteiger partial charge is 0.335 e. The molecule has 3 N–H and O–H groups in total. The molecule has 2 aliphatic rings. The second kappa shape index (κ2) is 4.53. The van der Waals surface area contributed by atoms with E-state index in [2.05, 4.69) is 0 Å². The number of anilines is 1. The molecule has 1 aromatic carbocycles. The van der Waals surface area contributed by atoms with E-state index in [1.54, 1.807) is 17.0 Å². The van der Waals surface area contributed by atoms with Crippen LogP contribution in [0.4, 0.5) is 10.5 Å². The van der Waals surface area contributed by atoms with Crippen LogP contribution in [0.5, 0.6) is 5.75 Å². The van der Waals surface area contributed by atoms with Gasteiger partial charge in [0.05, 0.1) is 17.3 Å². The highest BCUT2D eigenvalue weighted by molar-refractivity contribution is 5.90. The van der Waals surface area contributed by atoms with E-state index in [4.69, 9.17) is 10.5 Å². The number of amides is 2. The molecule has 7 heteroatoms. The summed E-state index contributed by atoms with van der Waals surface area (Å²) in [6.07, 6.45) is -0.133. The molecule has 0 aromatic heterocycles. The monoisotopic (exact) mass is 305 g/mol. The van der Waals surface area contributed by atoms with Crippen LogP contribution in [0.3, 0.4) is 0 Å². The van der Waals surface area contributed by atoms with Crippen molar-refractivity contribution in [2.45, 2.75) is 38.6 Å². The molecule has 2 heterocycles. The Morgan fingerprint density at radius 3 is 2.68 bits per heavy atom. The maximum atomic E-state index is 11.7. The van der Waals surface area contributed by atoms with E-state index in [9.17, 15) is 14.7 Å². The van der Waals surface area contributed by atoms with Crippen LogP contribution in [0, 0.1) is 0 Å². The summed E-state index contributed by atoms with van der Waals surface area (Å²) in [7, 11) is 0. The fourth-order valence-electron chi connectivity index (χ4n) is 3.44. The predicted octanol–water partition coefficient (Wildman–Crippen LogP) is 1.47. The first-order chi connectivity index (χ1) is 10.2. The molecule has 2 atom stereocenters. The fraction of sp³-hybridized carbons (Fsp3) is 0.467. The van der Waals surface area contributed by atoms with E-state index in [1.807, 2.05) is 25.7 Å². The summed E-state index contributed by atoms with van der Waals surface area (Å²) in [6.45, 7) is 6.17. The number of aromatic carboxylic acids is 1. The lowest BCUT2D eigenvalue weighted by Gasteiger charge is -2.44. The van der Waals surface area contributed by atoms with Crippen LogP contribution in [0.25, 0.3) is 0 Å². The Morgan fingerprint density at radius 2 is 2.09 bits per heavy atom. The van der Waals surface area contributed by atoms with Crippen molar-refractivity contribution >= 4 is 17.7 Å². The third-order valence-electron chi connectivity index (χ3n) is 4.54. The maximum Gasteiger partial charge on any atom is 0.335 e. The molecule has 1 fully saturated rings. The Bertz CT molecular complexity index is 658. The summed E-state index contributed by atoms with van der Waals surface area (Å²) in [5, 5.41) is 9.21. The zero-order chi connectivity index (χ0) is 16.2. The Kier molecular flexibility index (Phi) is 2.98. The first-order valence-corrected chi connectivity index (χ1v) is 7.14. The summed E-state index contributed by atoms with van der Waals surface area (Å²) in [5.41, 5.74) is 5.71. The summed E-state index contributed by atoms with van der Waals surface area (Å²) >= 11 is 0. The lowest BCUT2D eigenvalue weighted by molar-refractivity contribution is 0.0696. The molecule has 118 valence electrons. The summed E-state index contributed by atoms with van der Waals surface area (Å²) in [5.74, 6) is -0.380. The van der Waals surface area contributed by atoms with Gasteiger partial charge in [-0.1, -0.05) is 0 Å². The second-order valence-electron chi connectivity index (χ2n) is 6.19. The van der Waals surface area contributed by atoms with Gasteiger partial charge in [-0.3, -0.25) is 0 Å². The van der Waals surface area contributed by atoms with Gasteiger partial charge in [0, 0.05) is 6.54 Å². The first-order valence-electron chi connectivity index (χ1n) is 7.14. The molecule has 3 rings (SSSR count). The summed E-state index contributed by atoms with van der Waals surface area (Å²) < 4.78 is 5.89. The molecule has 1 saturated heterocycles. The minimum absolute atomic E-state index is 0.0703. The maximum absolute atomic E-state index is 11.7. The number of nitrogens with two attached hydrogens (primary N) is 1. The van der Waals surface area contributed by atoms with Crippen molar-refractivity contribution in [1.29, 1.82) is 0 Å². The van der Waals surface area contributed by atoms with Crippen LogP contribution in [0.15, 0.2) is 18.2 Å². The molecule has 7 nitrogen and oxygen atoms in total. The molecule has 2 amide bonds. The van der Waals surface area contributed by atoms with Crippen LogP contribution >= 0.6 is 0 Å². The summed E-state index contributed by atoms with van der Waals surface area (Å²) in [6, 6.07) is 4.20. The summed E-state index contributed by atoms with van der Waals surface area (Å²) in [4.78, 5) is 26.6. The normalized spacial score (nSPS) is 25.2. The number of primary amides is 1. The highest BCUT2D eigenvalue weighted by Crippen LogP contribution is 2.45. The molecule has 2 unspecified atom stereocenters. The Labute approximate surface area is 128 Å². The molecule has 1 aromatic rings. The number of carbonyl (C=O) groups is 2. The third-order valence-corrected chi connectivity index (χ3v) is 4.54. The van der Waals surface area contributed by atoms with Crippen molar-refractivity contribution in [1.82, 2.24) is 4.90 Å². The number of ether oxygens (including phenoxy) is 1. The van der Waals surface area contributed by atoms with E-state index in [1.165, 1.54) is 6.07 Å². The van der Waals surface area contributed by atoms with E-state index >= 15 is 0 Å². The minimum atomic E-state index is -0.998. The van der Waals surface area contributed by atoms with Crippen LogP contribution in [0.1, 0.15) is 31.1 Å². The highest BCUT2D eigenvalue weighted by atomic mass is 16.5. The topological polar surface area (TPSA) is 96.1 Å². The van der Waals surface area contributed by atoms with Gasteiger partial charge in [0.15, 0.2) is 0 Å². The highest BCUT2D eigenvalue weighted by Gasteiger charge is 2.52. The minimum Gasteiger partial charge on any atom is -0.486 e. The van der Waals surface area contributed by atoms with Crippen molar-refractivity contribution in [3.63, 3.8) is 0 Å². The van der Waals surface area contributed by atoms with E-state index < -0.39 is 17.7 Å². The van der Waals surface area contributed by atoms with Gasteiger partial charge in [-0.2, -0.15) is 0 Å². The zero-order valence-electron chi connectivity index (χ0n) is 12.7. The van der Waals surface area contributed by atoms with Gasteiger partial charge in [-0.25, -0.2) is 9.59 Å². The van der Waals surface area contributed by atoms with Gasteiger partial charge in [-0.05, 0) is 39.0 Å². The Balaban J connectivity index is 2.14. The number of benzene rings is 1. The number of urea groups is 1. The molecular formula is C15H19N3O4. The molecule has 0 spiro atoms. The molecule has 0 radical (unpaired) electrons. The average molecular weight is 305 g/mol.